The van der Waals surface area contributed by atoms with Gasteiger partial charge >= 0.3 is 0 Å². The topological polar surface area (TPSA) is 70.4 Å². The van der Waals surface area contributed by atoms with Crippen molar-refractivity contribution in [2.45, 2.75) is 24.6 Å². The van der Waals surface area contributed by atoms with Gasteiger partial charge in [0.1, 0.15) is 16.8 Å². The lowest BCUT2D eigenvalue weighted by Crippen LogP contribution is -2.29. The van der Waals surface area contributed by atoms with Crippen LogP contribution in [0.2, 0.25) is 0 Å². The van der Waals surface area contributed by atoms with Crippen LogP contribution in [0.25, 0.3) is 0 Å². The summed E-state index contributed by atoms with van der Waals surface area (Å²) in [5.41, 5.74) is 0. The molecule has 3 N–H and O–H groups in total. The van der Waals surface area contributed by atoms with Gasteiger partial charge in [-0.2, -0.15) is 0 Å². The molecule has 1 aromatic heterocycles. The molecular formula is C9H10F2N2O3S2. The third kappa shape index (κ3) is 2.24. The molecule has 2 heterocycles. The Labute approximate surface area is 111 Å². The highest BCUT2D eigenvalue weighted by Crippen LogP contribution is 2.31. The Morgan fingerprint density at radius 1 is 1.50 bits per heavy atom. The number of hydrogen-bond donors (Lipinski definition) is 3. The molecule has 5 nitrogen and oxygen atoms in total. The molecule has 0 saturated carbocycles. The number of nitrogens with zero attached hydrogens (tertiary/aromatic N) is 1. The number of ether oxygens (including phenoxy) is 1. The summed E-state index contributed by atoms with van der Waals surface area (Å²) in [6.45, 7) is -0.590. The van der Waals surface area contributed by atoms with Crippen molar-refractivity contribution < 1.29 is 23.7 Å². The van der Waals surface area contributed by atoms with Crippen LogP contribution in [-0.2, 0) is 4.74 Å². The fraction of sp³-hybridized carbons (Fsp3) is 0.556. The maximum absolute atomic E-state index is 13.5. The summed E-state index contributed by atoms with van der Waals surface area (Å²) >= 11 is 9.55. The zero-order valence-corrected chi connectivity index (χ0v) is 10.5. The van der Waals surface area contributed by atoms with Gasteiger partial charge < -0.3 is 19.9 Å². The monoisotopic (exact) mass is 296 g/mol. The van der Waals surface area contributed by atoms with Crippen LogP contribution in [0.3, 0.4) is 0 Å². The summed E-state index contributed by atoms with van der Waals surface area (Å²) in [7, 11) is 0. The first-order valence-corrected chi connectivity index (χ1v) is 5.86. The van der Waals surface area contributed by atoms with Crippen molar-refractivity contribution >= 4 is 24.4 Å². The summed E-state index contributed by atoms with van der Waals surface area (Å²) in [5, 5.41) is 18.5. The molecule has 1 fully saturated rings. The van der Waals surface area contributed by atoms with Crippen molar-refractivity contribution in [2.75, 3.05) is 6.61 Å². The zero-order chi connectivity index (χ0) is 13.4. The lowest BCUT2D eigenvalue weighted by atomic mass is 10.1. The fourth-order valence-corrected chi connectivity index (χ4v) is 2.21. The van der Waals surface area contributed by atoms with Crippen molar-refractivity contribution in [1.82, 2.24) is 9.55 Å². The predicted molar refractivity (Wildman–Crippen MR) is 62.3 cm³/mol. The van der Waals surface area contributed by atoms with E-state index in [4.69, 9.17) is 22.1 Å². The molecule has 1 aliphatic rings. The molecule has 0 spiro atoms. The van der Waals surface area contributed by atoms with Crippen LogP contribution < -0.4 is 0 Å². The molecule has 100 valence electrons. The van der Waals surface area contributed by atoms with E-state index in [0.717, 1.165) is 10.8 Å². The van der Waals surface area contributed by atoms with Gasteiger partial charge in [0.15, 0.2) is 23.0 Å². The molecule has 0 aromatic carbocycles. The Kier molecular flexibility index (Phi) is 3.87. The number of aliphatic hydroxyl groups excluding tert-OH is 2. The zero-order valence-electron chi connectivity index (χ0n) is 8.92. The number of aliphatic hydroxyl groups is 2. The van der Waals surface area contributed by atoms with Gasteiger partial charge in [-0.15, -0.1) is 0 Å². The minimum Gasteiger partial charge on any atom is -0.394 e. The van der Waals surface area contributed by atoms with Crippen LogP contribution in [0.5, 0.6) is 0 Å². The maximum atomic E-state index is 13.5. The molecular weight excluding hydrogens is 286 g/mol. The lowest BCUT2D eigenvalue weighted by Gasteiger charge is -2.18. The summed E-state index contributed by atoms with van der Waals surface area (Å²) in [5.74, 6) is -0.766. The number of nitrogens with one attached hydrogen (secondary N) is 1. The molecule has 9 heteroatoms. The van der Waals surface area contributed by atoms with Gasteiger partial charge in [-0.1, -0.05) is 12.2 Å². The van der Waals surface area contributed by atoms with Gasteiger partial charge in [0.2, 0.25) is 0 Å². The summed E-state index contributed by atoms with van der Waals surface area (Å²) in [4.78, 5) is 2.39. The second-order valence-corrected chi connectivity index (χ2v) is 4.62. The van der Waals surface area contributed by atoms with E-state index in [1.165, 1.54) is 0 Å². The van der Waals surface area contributed by atoms with Crippen LogP contribution in [-0.4, -0.2) is 44.8 Å². The van der Waals surface area contributed by atoms with Crippen molar-refractivity contribution in [3.63, 3.8) is 0 Å². The van der Waals surface area contributed by atoms with Gasteiger partial charge in [0.05, 0.1) is 6.61 Å². The van der Waals surface area contributed by atoms with Crippen LogP contribution >= 0.6 is 24.4 Å². The third-order valence-electron chi connectivity index (χ3n) is 2.67. The Morgan fingerprint density at radius 2 is 2.17 bits per heavy atom. The smallest absolute Gasteiger partial charge is 0.180 e. The molecule has 2 rings (SSSR count). The van der Waals surface area contributed by atoms with Crippen molar-refractivity contribution in [3.8, 4) is 0 Å². The van der Waals surface area contributed by atoms with E-state index in [9.17, 15) is 13.9 Å². The Balaban J connectivity index is 2.42. The van der Waals surface area contributed by atoms with Gasteiger partial charge in [0.25, 0.3) is 0 Å². The predicted octanol–water partition coefficient (Wildman–Crippen LogP) is 1.00. The van der Waals surface area contributed by atoms with E-state index < -0.39 is 37.0 Å². The third-order valence-corrected chi connectivity index (χ3v) is 3.28. The Morgan fingerprint density at radius 3 is 2.72 bits per heavy atom. The maximum Gasteiger partial charge on any atom is 0.180 e. The van der Waals surface area contributed by atoms with Crippen LogP contribution in [0.4, 0.5) is 8.78 Å². The highest BCUT2D eigenvalue weighted by atomic mass is 32.1. The van der Waals surface area contributed by atoms with Crippen molar-refractivity contribution in [1.29, 1.82) is 0 Å². The van der Waals surface area contributed by atoms with E-state index >= 15 is 0 Å². The molecule has 1 saturated heterocycles. The quantitative estimate of drug-likeness (QED) is 0.710. The van der Waals surface area contributed by atoms with E-state index in [2.05, 4.69) is 17.2 Å². The van der Waals surface area contributed by atoms with Crippen molar-refractivity contribution in [2.24, 2.45) is 0 Å². The molecule has 18 heavy (non-hydrogen) atoms. The highest BCUT2D eigenvalue weighted by molar-refractivity contribution is 7.72. The average molecular weight is 296 g/mol. The number of hydrogen-bond acceptors (Lipinski definition) is 5. The first kappa shape index (κ1) is 13.7. The minimum atomic E-state index is -1.77. The van der Waals surface area contributed by atoms with E-state index in [1.54, 1.807) is 0 Å². The molecule has 0 amide bonds. The number of rotatable bonds is 2. The molecule has 0 aliphatic carbocycles. The highest BCUT2D eigenvalue weighted by Gasteiger charge is 2.44. The van der Waals surface area contributed by atoms with Crippen LogP contribution in [0.1, 0.15) is 6.23 Å². The number of halogens is 2. The van der Waals surface area contributed by atoms with Crippen molar-refractivity contribution in [3.05, 3.63) is 21.4 Å². The largest absolute Gasteiger partial charge is 0.394 e. The summed E-state index contributed by atoms with van der Waals surface area (Å²) in [6.07, 6.45) is -4.75. The number of alkyl halides is 1. The summed E-state index contributed by atoms with van der Waals surface area (Å²) < 4.78 is 32.8. The van der Waals surface area contributed by atoms with Gasteiger partial charge in [0, 0.05) is 6.20 Å². The molecule has 0 bridgehead atoms. The SMILES string of the molecule is OC[C@H]1O[C@@H](n2cc(F)c(=S)[nH]c2=S)[C@@H](O)C1F. The molecule has 4 atom stereocenters. The van der Waals surface area contributed by atoms with Crippen LogP contribution in [0.15, 0.2) is 6.20 Å². The van der Waals surface area contributed by atoms with Gasteiger partial charge in [-0.3, -0.25) is 4.57 Å². The van der Waals surface area contributed by atoms with E-state index in [-0.39, 0.29) is 9.41 Å². The summed E-state index contributed by atoms with van der Waals surface area (Å²) in [6, 6.07) is 0. The second-order valence-electron chi connectivity index (χ2n) is 3.83. The Hall–Kier alpha value is -0.740. The molecule has 1 aliphatic heterocycles. The first-order valence-electron chi connectivity index (χ1n) is 5.05. The fourth-order valence-electron chi connectivity index (χ4n) is 1.74. The Bertz CT molecular complexity index is 561. The van der Waals surface area contributed by atoms with E-state index in [0.29, 0.717) is 0 Å². The first-order chi connectivity index (χ1) is 8.45. The second kappa shape index (κ2) is 5.10. The van der Waals surface area contributed by atoms with Crippen LogP contribution in [0, 0.1) is 15.2 Å². The minimum absolute atomic E-state index is 0.00348. The normalized spacial score (nSPS) is 31.8. The number of aromatic nitrogens is 2. The molecule has 0 radical (unpaired) electrons. The van der Waals surface area contributed by atoms with Gasteiger partial charge in [-0.05, 0) is 12.2 Å². The van der Waals surface area contributed by atoms with E-state index in [1.807, 2.05) is 0 Å². The standard InChI is InChI=1S/C9H10F2N2O3S2/c10-3-1-13(9(18)12-7(3)17)8-6(15)5(11)4(2-14)16-8/h1,4-6,8,14-15H,2H2,(H,12,17,18)/t4-,5?,6+,8-/m1/s1. The average Bonchev–Trinajstić information content (AvgIpc) is 2.61. The molecule has 1 aromatic rings. The lowest BCUT2D eigenvalue weighted by molar-refractivity contribution is -0.0532. The molecule has 1 unspecified atom stereocenters. The van der Waals surface area contributed by atoms with Gasteiger partial charge in [-0.25, -0.2) is 8.78 Å². The number of aromatic amines is 1. The number of H-pyrrole nitrogens is 1.